The fourth-order valence-corrected chi connectivity index (χ4v) is 3.51. The molecule has 0 radical (unpaired) electrons. The number of rotatable bonds is 2. The maximum Gasteiger partial charge on any atom is 0.230 e. The minimum absolute atomic E-state index is 0.332. The predicted molar refractivity (Wildman–Crippen MR) is 69.0 cm³/mol. The topological polar surface area (TPSA) is 64.9 Å². The monoisotopic (exact) mass is 249 g/mol. The second kappa shape index (κ2) is 4.65. The van der Waals surface area contributed by atoms with E-state index >= 15 is 0 Å². The van der Waals surface area contributed by atoms with Gasteiger partial charge in [0.1, 0.15) is 0 Å². The lowest BCUT2D eigenvalue weighted by molar-refractivity contribution is 0.270. The summed E-state index contributed by atoms with van der Waals surface area (Å²) in [4.78, 5) is 4.64. The molecule has 2 aliphatic rings. The molecule has 2 aliphatic carbocycles. The Morgan fingerprint density at radius 3 is 2.61 bits per heavy atom. The Bertz CT molecular complexity index is 409. The molecule has 0 bridgehead atoms. The molecule has 2 saturated carbocycles. The zero-order chi connectivity index (χ0) is 12.6. The summed E-state index contributed by atoms with van der Waals surface area (Å²) in [5.74, 6) is 2.69. The molecule has 1 heterocycles. The third-order valence-corrected chi connectivity index (χ3v) is 4.81. The van der Waals surface area contributed by atoms with Crippen LogP contribution in [0, 0.1) is 5.92 Å². The molecule has 4 nitrogen and oxygen atoms in total. The van der Waals surface area contributed by atoms with Crippen LogP contribution in [0.4, 0.5) is 0 Å². The van der Waals surface area contributed by atoms with E-state index in [1.807, 2.05) is 0 Å². The van der Waals surface area contributed by atoms with Crippen LogP contribution in [0.2, 0.25) is 0 Å². The Kier molecular flexibility index (Phi) is 3.14. The van der Waals surface area contributed by atoms with Gasteiger partial charge in [-0.3, -0.25) is 0 Å². The van der Waals surface area contributed by atoms with E-state index in [0.29, 0.717) is 11.8 Å². The Labute approximate surface area is 108 Å². The van der Waals surface area contributed by atoms with Crippen LogP contribution in [-0.4, -0.2) is 10.1 Å². The molecule has 0 spiro atoms. The van der Waals surface area contributed by atoms with E-state index in [-0.39, 0.29) is 5.54 Å². The first-order valence-electron chi connectivity index (χ1n) is 7.32. The van der Waals surface area contributed by atoms with Crippen molar-refractivity contribution in [3.63, 3.8) is 0 Å². The van der Waals surface area contributed by atoms with Gasteiger partial charge in [-0.2, -0.15) is 4.98 Å². The molecule has 0 aromatic carbocycles. The molecule has 18 heavy (non-hydrogen) atoms. The van der Waals surface area contributed by atoms with E-state index in [4.69, 9.17) is 10.3 Å². The summed E-state index contributed by atoms with van der Waals surface area (Å²) in [5.41, 5.74) is 6.11. The van der Waals surface area contributed by atoms with E-state index in [1.54, 1.807) is 0 Å². The Morgan fingerprint density at radius 2 is 1.94 bits per heavy atom. The highest BCUT2D eigenvalue weighted by Crippen LogP contribution is 2.40. The number of hydrogen-bond acceptors (Lipinski definition) is 4. The first-order valence-corrected chi connectivity index (χ1v) is 7.32. The maximum atomic E-state index is 6.44. The summed E-state index contributed by atoms with van der Waals surface area (Å²) in [6.07, 6.45) is 9.36. The average molecular weight is 249 g/mol. The van der Waals surface area contributed by atoms with Crippen molar-refractivity contribution < 1.29 is 4.52 Å². The molecular formula is C14H23N3O. The van der Waals surface area contributed by atoms with Gasteiger partial charge in [-0.25, -0.2) is 0 Å². The fourth-order valence-electron chi connectivity index (χ4n) is 3.51. The van der Waals surface area contributed by atoms with Crippen LogP contribution >= 0.6 is 0 Å². The molecule has 0 aliphatic heterocycles. The maximum absolute atomic E-state index is 6.44. The SMILES string of the molecule is CC1CCCC1c1nc(C2(N)CCCCC2)no1. The summed E-state index contributed by atoms with van der Waals surface area (Å²) >= 11 is 0. The molecule has 2 fully saturated rings. The third kappa shape index (κ3) is 2.07. The van der Waals surface area contributed by atoms with E-state index < -0.39 is 0 Å². The summed E-state index contributed by atoms with van der Waals surface area (Å²) in [6, 6.07) is 0. The van der Waals surface area contributed by atoms with Crippen molar-refractivity contribution in [2.24, 2.45) is 11.7 Å². The predicted octanol–water partition coefficient (Wildman–Crippen LogP) is 3.09. The van der Waals surface area contributed by atoms with Gasteiger partial charge in [0, 0.05) is 5.92 Å². The lowest BCUT2D eigenvalue weighted by Crippen LogP contribution is -2.39. The third-order valence-electron chi connectivity index (χ3n) is 4.81. The van der Waals surface area contributed by atoms with Crippen LogP contribution in [0.1, 0.15) is 75.9 Å². The Hall–Kier alpha value is -0.900. The number of hydrogen-bond donors (Lipinski definition) is 1. The normalized spacial score (nSPS) is 31.7. The molecule has 100 valence electrons. The van der Waals surface area contributed by atoms with Gasteiger partial charge in [-0.1, -0.05) is 37.8 Å². The van der Waals surface area contributed by atoms with Crippen LogP contribution in [0.15, 0.2) is 4.52 Å². The fraction of sp³-hybridized carbons (Fsp3) is 0.857. The van der Waals surface area contributed by atoms with Crippen molar-refractivity contribution in [1.82, 2.24) is 10.1 Å². The van der Waals surface area contributed by atoms with Gasteiger partial charge in [-0.05, 0) is 31.6 Å². The van der Waals surface area contributed by atoms with Crippen molar-refractivity contribution in [3.8, 4) is 0 Å². The average Bonchev–Trinajstić information content (AvgIpc) is 2.98. The van der Waals surface area contributed by atoms with Crippen LogP contribution in [0.5, 0.6) is 0 Å². The first-order chi connectivity index (χ1) is 8.69. The van der Waals surface area contributed by atoms with Crippen molar-refractivity contribution in [3.05, 3.63) is 11.7 Å². The largest absolute Gasteiger partial charge is 0.339 e. The van der Waals surface area contributed by atoms with Gasteiger partial charge < -0.3 is 10.3 Å². The lowest BCUT2D eigenvalue weighted by atomic mass is 9.82. The quantitative estimate of drug-likeness (QED) is 0.874. The first kappa shape index (κ1) is 12.2. The van der Waals surface area contributed by atoms with Crippen molar-refractivity contribution in [2.75, 3.05) is 0 Å². The highest BCUT2D eigenvalue weighted by Gasteiger charge is 2.36. The van der Waals surface area contributed by atoms with E-state index in [0.717, 1.165) is 24.6 Å². The molecular weight excluding hydrogens is 226 g/mol. The van der Waals surface area contributed by atoms with Gasteiger partial charge in [0.15, 0.2) is 5.82 Å². The zero-order valence-corrected chi connectivity index (χ0v) is 11.2. The van der Waals surface area contributed by atoms with Crippen LogP contribution in [-0.2, 0) is 5.54 Å². The van der Waals surface area contributed by atoms with Crippen LogP contribution in [0.3, 0.4) is 0 Å². The molecule has 2 N–H and O–H groups in total. The standard InChI is InChI=1S/C14H23N3O/c1-10-6-5-7-11(10)12-16-13(17-18-12)14(15)8-3-2-4-9-14/h10-11H,2-9,15H2,1H3. The Balaban J connectivity index is 1.80. The molecule has 2 unspecified atom stereocenters. The molecule has 2 atom stereocenters. The van der Waals surface area contributed by atoms with Gasteiger partial charge in [0.2, 0.25) is 5.89 Å². The van der Waals surface area contributed by atoms with Gasteiger partial charge in [0.25, 0.3) is 0 Å². The summed E-state index contributed by atoms with van der Waals surface area (Å²) in [6.45, 7) is 2.28. The minimum Gasteiger partial charge on any atom is -0.339 e. The van der Waals surface area contributed by atoms with Gasteiger partial charge >= 0.3 is 0 Å². The molecule has 0 amide bonds. The van der Waals surface area contributed by atoms with Crippen LogP contribution < -0.4 is 5.73 Å². The number of nitrogens with two attached hydrogens (primary N) is 1. The number of aromatic nitrogens is 2. The highest BCUT2D eigenvalue weighted by molar-refractivity contribution is 5.08. The molecule has 1 aromatic rings. The Morgan fingerprint density at radius 1 is 1.17 bits per heavy atom. The highest BCUT2D eigenvalue weighted by atomic mass is 16.5. The summed E-state index contributed by atoms with van der Waals surface area (Å²) in [5, 5.41) is 4.18. The molecule has 0 saturated heterocycles. The molecule has 4 heteroatoms. The van der Waals surface area contributed by atoms with Crippen molar-refractivity contribution in [2.45, 2.75) is 69.7 Å². The smallest absolute Gasteiger partial charge is 0.230 e. The summed E-state index contributed by atoms with van der Waals surface area (Å²) < 4.78 is 5.50. The number of nitrogens with zero attached hydrogens (tertiary/aromatic N) is 2. The van der Waals surface area contributed by atoms with E-state index in [9.17, 15) is 0 Å². The van der Waals surface area contributed by atoms with Gasteiger partial charge in [0.05, 0.1) is 5.54 Å². The van der Waals surface area contributed by atoms with E-state index in [1.165, 1.54) is 38.5 Å². The van der Waals surface area contributed by atoms with Crippen molar-refractivity contribution in [1.29, 1.82) is 0 Å². The minimum atomic E-state index is -0.332. The second-order valence-corrected chi connectivity index (χ2v) is 6.19. The lowest BCUT2D eigenvalue weighted by Gasteiger charge is -2.29. The van der Waals surface area contributed by atoms with Gasteiger partial charge in [-0.15, -0.1) is 0 Å². The second-order valence-electron chi connectivity index (χ2n) is 6.19. The van der Waals surface area contributed by atoms with Crippen molar-refractivity contribution >= 4 is 0 Å². The summed E-state index contributed by atoms with van der Waals surface area (Å²) in [7, 11) is 0. The van der Waals surface area contributed by atoms with Crippen LogP contribution in [0.25, 0.3) is 0 Å². The van der Waals surface area contributed by atoms with E-state index in [2.05, 4.69) is 17.1 Å². The molecule has 3 rings (SSSR count). The molecule has 1 aromatic heterocycles. The zero-order valence-electron chi connectivity index (χ0n) is 11.2.